The van der Waals surface area contributed by atoms with E-state index in [0.717, 1.165) is 10.8 Å². The SMILES string of the molecule is CCc1cc2ccccc2cc1[C@H](N)C(F)(F)F. The molecular weight excluding hydrogens is 239 g/mol. The van der Waals surface area contributed by atoms with Gasteiger partial charge in [-0.25, -0.2) is 0 Å². The molecule has 0 bridgehead atoms. The molecule has 0 aromatic heterocycles. The molecule has 0 fully saturated rings. The Morgan fingerprint density at radius 2 is 1.67 bits per heavy atom. The lowest BCUT2D eigenvalue weighted by molar-refractivity contribution is -0.149. The average Bonchev–Trinajstić information content (AvgIpc) is 2.35. The Morgan fingerprint density at radius 1 is 1.11 bits per heavy atom. The van der Waals surface area contributed by atoms with Crippen molar-refractivity contribution >= 4 is 10.8 Å². The van der Waals surface area contributed by atoms with Crippen LogP contribution in [0, 0.1) is 0 Å². The van der Waals surface area contributed by atoms with Gasteiger partial charge in [-0.15, -0.1) is 0 Å². The monoisotopic (exact) mass is 253 g/mol. The first kappa shape index (κ1) is 12.9. The zero-order valence-corrected chi connectivity index (χ0v) is 9.96. The number of fused-ring (bicyclic) bond motifs is 1. The molecule has 2 aromatic rings. The highest BCUT2D eigenvalue weighted by Gasteiger charge is 2.38. The molecule has 0 radical (unpaired) electrons. The Balaban J connectivity index is 2.62. The van der Waals surface area contributed by atoms with Crippen molar-refractivity contribution in [2.75, 3.05) is 0 Å². The van der Waals surface area contributed by atoms with E-state index in [0.29, 0.717) is 12.0 Å². The summed E-state index contributed by atoms with van der Waals surface area (Å²) in [5.74, 6) is 0. The number of alkyl halides is 3. The van der Waals surface area contributed by atoms with Crippen LogP contribution in [0.3, 0.4) is 0 Å². The largest absolute Gasteiger partial charge is 0.407 e. The molecule has 1 atom stereocenters. The lowest BCUT2D eigenvalue weighted by Crippen LogP contribution is -2.29. The average molecular weight is 253 g/mol. The van der Waals surface area contributed by atoms with Crippen LogP contribution < -0.4 is 5.73 Å². The maximum Gasteiger partial charge on any atom is 0.407 e. The minimum absolute atomic E-state index is 0.170. The zero-order valence-electron chi connectivity index (χ0n) is 9.96. The third-order valence-electron chi connectivity index (χ3n) is 3.08. The summed E-state index contributed by atoms with van der Waals surface area (Å²) >= 11 is 0. The Kier molecular flexibility index (Phi) is 3.30. The van der Waals surface area contributed by atoms with E-state index in [1.165, 1.54) is 0 Å². The highest BCUT2D eigenvalue weighted by atomic mass is 19.4. The van der Waals surface area contributed by atoms with Crippen LogP contribution in [0.25, 0.3) is 10.8 Å². The van der Waals surface area contributed by atoms with Gasteiger partial charge in [-0.05, 0) is 34.4 Å². The Hall–Kier alpha value is -1.55. The van der Waals surface area contributed by atoms with Gasteiger partial charge in [0.1, 0.15) is 6.04 Å². The maximum atomic E-state index is 12.7. The van der Waals surface area contributed by atoms with Gasteiger partial charge in [0.05, 0.1) is 0 Å². The van der Waals surface area contributed by atoms with Crippen LogP contribution in [-0.2, 0) is 6.42 Å². The molecule has 0 saturated carbocycles. The van der Waals surface area contributed by atoms with Crippen molar-refractivity contribution in [2.45, 2.75) is 25.6 Å². The Bertz CT molecular complexity index is 560. The lowest BCUT2D eigenvalue weighted by Gasteiger charge is -2.19. The van der Waals surface area contributed by atoms with Crippen LogP contribution in [0.5, 0.6) is 0 Å². The molecule has 0 aliphatic heterocycles. The van der Waals surface area contributed by atoms with Crippen molar-refractivity contribution in [1.82, 2.24) is 0 Å². The van der Waals surface area contributed by atoms with E-state index >= 15 is 0 Å². The summed E-state index contributed by atoms with van der Waals surface area (Å²) in [4.78, 5) is 0. The van der Waals surface area contributed by atoms with Gasteiger partial charge in [-0.2, -0.15) is 13.2 Å². The molecule has 0 unspecified atom stereocenters. The minimum Gasteiger partial charge on any atom is -0.316 e. The van der Waals surface area contributed by atoms with Crippen molar-refractivity contribution in [3.63, 3.8) is 0 Å². The maximum absolute atomic E-state index is 12.7. The summed E-state index contributed by atoms with van der Waals surface area (Å²) in [6.07, 6.45) is -3.88. The number of halogens is 3. The summed E-state index contributed by atoms with van der Waals surface area (Å²) in [5, 5.41) is 1.72. The normalized spacial score (nSPS) is 13.8. The molecule has 0 amide bonds. The van der Waals surface area contributed by atoms with Gasteiger partial charge >= 0.3 is 6.18 Å². The van der Waals surface area contributed by atoms with Gasteiger partial charge in [-0.1, -0.05) is 37.3 Å². The first-order chi connectivity index (χ1) is 8.43. The number of hydrogen-bond acceptors (Lipinski definition) is 1. The highest BCUT2D eigenvalue weighted by Crippen LogP contribution is 2.34. The quantitative estimate of drug-likeness (QED) is 0.861. The van der Waals surface area contributed by atoms with E-state index in [1.807, 2.05) is 19.1 Å². The van der Waals surface area contributed by atoms with Crippen molar-refractivity contribution in [2.24, 2.45) is 5.73 Å². The van der Waals surface area contributed by atoms with Crippen molar-refractivity contribution in [3.05, 3.63) is 47.5 Å². The summed E-state index contributed by atoms with van der Waals surface area (Å²) in [6.45, 7) is 1.83. The molecule has 2 rings (SSSR count). The Labute approximate surface area is 103 Å². The minimum atomic E-state index is -4.41. The van der Waals surface area contributed by atoms with E-state index in [4.69, 9.17) is 5.73 Å². The first-order valence-electron chi connectivity index (χ1n) is 5.77. The van der Waals surface area contributed by atoms with Crippen molar-refractivity contribution in [1.29, 1.82) is 0 Å². The molecule has 2 N–H and O–H groups in total. The van der Waals surface area contributed by atoms with Crippen molar-refractivity contribution in [3.8, 4) is 0 Å². The van der Waals surface area contributed by atoms with Crippen LogP contribution in [0.2, 0.25) is 0 Å². The van der Waals surface area contributed by atoms with Gasteiger partial charge in [0.15, 0.2) is 0 Å². The van der Waals surface area contributed by atoms with E-state index in [9.17, 15) is 13.2 Å². The van der Waals surface area contributed by atoms with E-state index in [2.05, 4.69) is 0 Å². The van der Waals surface area contributed by atoms with Gasteiger partial charge in [0.25, 0.3) is 0 Å². The molecule has 1 nitrogen and oxygen atoms in total. The van der Waals surface area contributed by atoms with Gasteiger partial charge in [-0.3, -0.25) is 0 Å². The molecule has 18 heavy (non-hydrogen) atoms. The number of benzene rings is 2. The van der Waals surface area contributed by atoms with E-state index in [-0.39, 0.29) is 5.56 Å². The van der Waals surface area contributed by atoms with Crippen LogP contribution >= 0.6 is 0 Å². The molecule has 0 heterocycles. The van der Waals surface area contributed by atoms with Crippen LogP contribution in [0.15, 0.2) is 36.4 Å². The number of hydrogen-bond donors (Lipinski definition) is 1. The fraction of sp³-hybridized carbons (Fsp3) is 0.286. The first-order valence-corrected chi connectivity index (χ1v) is 5.77. The molecular formula is C14H14F3N. The van der Waals surface area contributed by atoms with E-state index < -0.39 is 12.2 Å². The second-order valence-corrected chi connectivity index (χ2v) is 4.27. The van der Waals surface area contributed by atoms with Gasteiger partial charge in [0.2, 0.25) is 0 Å². The smallest absolute Gasteiger partial charge is 0.316 e. The Morgan fingerprint density at radius 3 is 2.17 bits per heavy atom. The van der Waals surface area contributed by atoms with Crippen LogP contribution in [-0.4, -0.2) is 6.18 Å². The number of rotatable bonds is 2. The van der Waals surface area contributed by atoms with E-state index in [1.54, 1.807) is 24.3 Å². The molecule has 0 spiro atoms. The summed E-state index contributed by atoms with van der Waals surface area (Å²) < 4.78 is 38.2. The molecule has 0 saturated heterocycles. The summed E-state index contributed by atoms with van der Waals surface area (Å²) in [5.41, 5.74) is 6.14. The molecule has 0 aliphatic rings. The topological polar surface area (TPSA) is 26.0 Å². The third kappa shape index (κ3) is 2.34. The highest BCUT2D eigenvalue weighted by molar-refractivity contribution is 5.84. The lowest BCUT2D eigenvalue weighted by atomic mass is 9.94. The van der Waals surface area contributed by atoms with Gasteiger partial charge in [0, 0.05) is 0 Å². The third-order valence-corrected chi connectivity index (χ3v) is 3.08. The molecule has 2 aromatic carbocycles. The number of aryl methyl sites for hydroxylation is 1. The van der Waals surface area contributed by atoms with Crippen molar-refractivity contribution < 1.29 is 13.2 Å². The zero-order chi connectivity index (χ0) is 13.3. The standard InChI is InChI=1S/C14H14F3N/c1-2-9-7-10-5-3-4-6-11(10)8-12(9)13(18)14(15,16)17/h3-8,13H,2,18H2,1H3/t13-/m0/s1. The number of nitrogens with two attached hydrogens (primary N) is 1. The summed E-state index contributed by atoms with van der Waals surface area (Å²) in [7, 11) is 0. The second-order valence-electron chi connectivity index (χ2n) is 4.27. The second kappa shape index (κ2) is 4.61. The van der Waals surface area contributed by atoms with Crippen LogP contribution in [0.1, 0.15) is 24.1 Å². The van der Waals surface area contributed by atoms with Gasteiger partial charge < -0.3 is 5.73 Å². The predicted molar refractivity (Wildman–Crippen MR) is 66.3 cm³/mol. The molecule has 96 valence electrons. The fourth-order valence-corrected chi connectivity index (χ4v) is 2.08. The molecule has 0 aliphatic carbocycles. The summed E-state index contributed by atoms with van der Waals surface area (Å²) in [6, 6.07) is 8.76. The van der Waals surface area contributed by atoms with Crippen LogP contribution in [0.4, 0.5) is 13.2 Å². The predicted octanol–water partition coefficient (Wildman–Crippen LogP) is 3.96. The fourth-order valence-electron chi connectivity index (χ4n) is 2.08. The molecule has 4 heteroatoms.